The Bertz CT molecular complexity index is 1050. The van der Waals surface area contributed by atoms with E-state index in [-0.39, 0.29) is 28.3 Å². The first-order valence-corrected chi connectivity index (χ1v) is 7.70. The molecule has 0 radical (unpaired) electrons. The average molecular weight is 367 g/mol. The molecule has 1 amide bonds. The second-order valence-electron chi connectivity index (χ2n) is 5.64. The SMILES string of the molecule is Cc1ccc(NC(=O)c2ccc(-n3ccnc3)c([N+](=O)[O-])c2)cc1[N+](=O)[O-]. The van der Waals surface area contributed by atoms with Crippen molar-refractivity contribution in [3.63, 3.8) is 0 Å². The van der Waals surface area contributed by atoms with E-state index in [9.17, 15) is 25.0 Å². The van der Waals surface area contributed by atoms with Gasteiger partial charge in [-0.2, -0.15) is 0 Å². The minimum atomic E-state index is -0.617. The van der Waals surface area contributed by atoms with Gasteiger partial charge in [0.25, 0.3) is 17.3 Å². The summed E-state index contributed by atoms with van der Waals surface area (Å²) in [6, 6.07) is 8.29. The lowest BCUT2D eigenvalue weighted by atomic mass is 10.1. The maximum absolute atomic E-state index is 12.4. The molecule has 0 unspecified atom stereocenters. The summed E-state index contributed by atoms with van der Waals surface area (Å²) in [7, 11) is 0. The van der Waals surface area contributed by atoms with Gasteiger partial charge in [0.2, 0.25) is 0 Å². The molecule has 1 N–H and O–H groups in total. The van der Waals surface area contributed by atoms with Crippen molar-refractivity contribution >= 4 is 23.0 Å². The Labute approximate surface area is 152 Å². The summed E-state index contributed by atoms with van der Waals surface area (Å²) in [6.45, 7) is 1.59. The Morgan fingerprint density at radius 3 is 2.44 bits per heavy atom. The first-order valence-electron chi connectivity index (χ1n) is 7.70. The van der Waals surface area contributed by atoms with E-state index < -0.39 is 15.8 Å². The number of anilines is 1. The van der Waals surface area contributed by atoms with Crippen LogP contribution in [0.3, 0.4) is 0 Å². The highest BCUT2D eigenvalue weighted by Gasteiger charge is 2.19. The number of hydrogen-bond donors (Lipinski definition) is 1. The molecule has 27 heavy (non-hydrogen) atoms. The number of nitro benzene ring substituents is 2. The number of imidazole rings is 1. The van der Waals surface area contributed by atoms with Crippen molar-refractivity contribution in [2.75, 3.05) is 5.32 Å². The average Bonchev–Trinajstić information content (AvgIpc) is 3.17. The Morgan fingerprint density at radius 1 is 1.07 bits per heavy atom. The molecule has 3 aromatic rings. The molecule has 10 nitrogen and oxygen atoms in total. The maximum atomic E-state index is 12.4. The van der Waals surface area contributed by atoms with Crippen molar-refractivity contribution in [3.05, 3.63) is 86.5 Å². The summed E-state index contributed by atoms with van der Waals surface area (Å²) in [5, 5.41) is 24.9. The van der Waals surface area contributed by atoms with Crippen LogP contribution in [0, 0.1) is 27.2 Å². The van der Waals surface area contributed by atoms with Gasteiger partial charge in [-0.1, -0.05) is 6.07 Å². The van der Waals surface area contributed by atoms with Crippen LogP contribution < -0.4 is 5.32 Å². The zero-order valence-corrected chi connectivity index (χ0v) is 14.0. The summed E-state index contributed by atoms with van der Waals surface area (Å²) in [4.78, 5) is 37.5. The van der Waals surface area contributed by atoms with Crippen molar-refractivity contribution in [1.82, 2.24) is 9.55 Å². The number of hydrogen-bond acceptors (Lipinski definition) is 6. The van der Waals surface area contributed by atoms with Gasteiger partial charge in [0.15, 0.2) is 0 Å². The van der Waals surface area contributed by atoms with Crippen molar-refractivity contribution in [2.45, 2.75) is 6.92 Å². The summed E-state index contributed by atoms with van der Waals surface area (Å²) in [5.41, 5.74) is 0.593. The number of benzene rings is 2. The third kappa shape index (κ3) is 3.63. The van der Waals surface area contributed by atoms with Gasteiger partial charge in [-0.3, -0.25) is 25.0 Å². The minimum absolute atomic E-state index is 0.0498. The summed E-state index contributed by atoms with van der Waals surface area (Å²) < 4.78 is 1.46. The smallest absolute Gasteiger partial charge is 0.294 e. The van der Waals surface area contributed by atoms with Gasteiger partial charge in [-0.15, -0.1) is 0 Å². The van der Waals surface area contributed by atoms with Crippen LogP contribution in [0.4, 0.5) is 17.1 Å². The minimum Gasteiger partial charge on any atom is -0.322 e. The van der Waals surface area contributed by atoms with E-state index in [2.05, 4.69) is 10.3 Å². The van der Waals surface area contributed by atoms with Gasteiger partial charge in [-0.05, 0) is 25.1 Å². The van der Waals surface area contributed by atoms with Crippen LogP contribution in [0.25, 0.3) is 5.69 Å². The van der Waals surface area contributed by atoms with Gasteiger partial charge in [0.05, 0.1) is 16.2 Å². The molecule has 0 saturated carbocycles. The molecular formula is C17H13N5O5. The molecule has 2 aromatic carbocycles. The first kappa shape index (κ1) is 17.7. The Morgan fingerprint density at radius 2 is 1.81 bits per heavy atom. The van der Waals surface area contributed by atoms with E-state index in [1.54, 1.807) is 13.1 Å². The van der Waals surface area contributed by atoms with Gasteiger partial charge in [0, 0.05) is 41.3 Å². The molecule has 0 spiro atoms. The van der Waals surface area contributed by atoms with E-state index in [1.807, 2.05) is 0 Å². The number of carbonyl (C=O) groups excluding carboxylic acids is 1. The van der Waals surface area contributed by atoms with Crippen LogP contribution in [-0.4, -0.2) is 25.3 Å². The largest absolute Gasteiger partial charge is 0.322 e. The molecule has 1 aromatic heterocycles. The number of nitrogens with zero attached hydrogens (tertiary/aromatic N) is 4. The molecule has 10 heteroatoms. The van der Waals surface area contributed by atoms with Crippen LogP contribution in [0.5, 0.6) is 0 Å². The highest BCUT2D eigenvalue weighted by Crippen LogP contribution is 2.26. The van der Waals surface area contributed by atoms with Crippen LogP contribution in [0.1, 0.15) is 15.9 Å². The maximum Gasteiger partial charge on any atom is 0.294 e. The van der Waals surface area contributed by atoms with Gasteiger partial charge in [-0.25, -0.2) is 4.98 Å². The third-order valence-electron chi connectivity index (χ3n) is 3.88. The van der Waals surface area contributed by atoms with Crippen LogP contribution in [0.2, 0.25) is 0 Å². The second kappa shape index (κ2) is 7.04. The highest BCUT2D eigenvalue weighted by molar-refractivity contribution is 6.05. The second-order valence-corrected chi connectivity index (χ2v) is 5.64. The van der Waals surface area contributed by atoms with Crippen LogP contribution in [-0.2, 0) is 0 Å². The van der Waals surface area contributed by atoms with E-state index in [4.69, 9.17) is 0 Å². The summed E-state index contributed by atoms with van der Waals surface area (Å²) in [5.74, 6) is -0.617. The monoisotopic (exact) mass is 367 g/mol. The van der Waals surface area contributed by atoms with Gasteiger partial charge >= 0.3 is 0 Å². The van der Waals surface area contributed by atoms with Crippen molar-refractivity contribution < 1.29 is 14.6 Å². The lowest BCUT2D eigenvalue weighted by Gasteiger charge is -2.08. The summed E-state index contributed by atoms with van der Waals surface area (Å²) >= 11 is 0. The van der Waals surface area contributed by atoms with E-state index in [0.29, 0.717) is 5.56 Å². The molecular weight excluding hydrogens is 354 g/mol. The first-order chi connectivity index (χ1) is 12.9. The Balaban J connectivity index is 1.91. The number of amides is 1. The number of carbonyl (C=O) groups is 1. The zero-order chi connectivity index (χ0) is 19.6. The predicted octanol–water partition coefficient (Wildman–Crippen LogP) is 3.25. The van der Waals surface area contributed by atoms with E-state index in [0.717, 1.165) is 6.07 Å². The van der Waals surface area contributed by atoms with Gasteiger partial charge in [0.1, 0.15) is 5.69 Å². The molecule has 3 rings (SSSR count). The molecule has 0 atom stereocenters. The number of aromatic nitrogens is 2. The lowest BCUT2D eigenvalue weighted by molar-refractivity contribution is -0.385. The van der Waals surface area contributed by atoms with Crippen molar-refractivity contribution in [2.24, 2.45) is 0 Å². The fraction of sp³-hybridized carbons (Fsp3) is 0.0588. The number of nitro groups is 2. The van der Waals surface area contributed by atoms with E-state index in [1.165, 1.54) is 47.4 Å². The predicted molar refractivity (Wildman–Crippen MR) is 96.0 cm³/mol. The molecule has 1 heterocycles. The molecule has 0 aliphatic carbocycles. The zero-order valence-electron chi connectivity index (χ0n) is 14.0. The molecule has 0 aliphatic rings. The molecule has 0 bridgehead atoms. The molecule has 0 fully saturated rings. The standard InChI is InChI=1S/C17H13N5O5/c1-11-2-4-13(9-15(11)21(24)25)19-17(23)12-3-5-14(16(8-12)22(26)27)20-7-6-18-10-20/h2-10H,1H3,(H,19,23). The topological polar surface area (TPSA) is 133 Å². The van der Waals surface area contributed by atoms with Crippen LogP contribution >= 0.6 is 0 Å². The molecule has 0 saturated heterocycles. The fourth-order valence-corrected chi connectivity index (χ4v) is 2.52. The number of nitrogens with one attached hydrogen (secondary N) is 1. The van der Waals surface area contributed by atoms with Crippen LogP contribution in [0.15, 0.2) is 55.1 Å². The summed E-state index contributed by atoms with van der Waals surface area (Å²) in [6.07, 6.45) is 4.44. The van der Waals surface area contributed by atoms with Crippen molar-refractivity contribution in [1.29, 1.82) is 0 Å². The van der Waals surface area contributed by atoms with Gasteiger partial charge < -0.3 is 9.88 Å². The quantitative estimate of drug-likeness (QED) is 0.543. The highest BCUT2D eigenvalue weighted by atomic mass is 16.6. The number of aryl methyl sites for hydroxylation is 1. The fourth-order valence-electron chi connectivity index (χ4n) is 2.52. The number of rotatable bonds is 5. The molecule has 0 aliphatic heterocycles. The molecule has 136 valence electrons. The lowest BCUT2D eigenvalue weighted by Crippen LogP contribution is -2.13. The third-order valence-corrected chi connectivity index (χ3v) is 3.88. The van der Waals surface area contributed by atoms with Crippen molar-refractivity contribution in [3.8, 4) is 5.69 Å². The normalized spacial score (nSPS) is 10.4. The van der Waals surface area contributed by atoms with E-state index >= 15 is 0 Å². The Hall–Kier alpha value is -4.08. The Kier molecular flexibility index (Phi) is 4.62.